The molecule has 0 aliphatic carbocycles. The lowest BCUT2D eigenvalue weighted by molar-refractivity contribution is -0.159. The number of aromatic nitrogens is 3. The van der Waals surface area contributed by atoms with Crippen molar-refractivity contribution in [3.8, 4) is 17.3 Å². The standard InChI is InChI=1S/C18H14F4N4O4/c1-28-14-7-4-12(8-23-14)10-29-17(27)26(22)9-11-2-5-13(6-3-11)15-24-16(30-25-15)18(19,20)21/h2-8H,9-10H2,1H3. The molecule has 158 valence electrons. The first-order valence-electron chi connectivity index (χ1n) is 8.35. The predicted octanol–water partition coefficient (Wildman–Crippen LogP) is 4.18. The molecule has 0 aliphatic rings. The second kappa shape index (κ2) is 8.76. The Morgan fingerprint density at radius 3 is 2.40 bits per heavy atom. The minimum absolute atomic E-state index is 0.137. The molecule has 0 spiro atoms. The predicted molar refractivity (Wildman–Crippen MR) is 92.4 cm³/mol. The Hall–Kier alpha value is -3.70. The Labute approximate surface area is 167 Å². The van der Waals surface area contributed by atoms with Crippen molar-refractivity contribution in [3.05, 3.63) is 59.6 Å². The molecular formula is C18H14F4N4O4. The highest BCUT2D eigenvalue weighted by Crippen LogP contribution is 2.29. The van der Waals surface area contributed by atoms with E-state index in [0.29, 0.717) is 17.0 Å². The summed E-state index contributed by atoms with van der Waals surface area (Å²) in [5.41, 5.74) is 1.14. The lowest BCUT2D eigenvalue weighted by Crippen LogP contribution is -2.23. The van der Waals surface area contributed by atoms with Gasteiger partial charge in [-0.1, -0.05) is 33.9 Å². The molecule has 0 radical (unpaired) electrons. The molecule has 2 heterocycles. The van der Waals surface area contributed by atoms with Crippen molar-refractivity contribution >= 4 is 6.09 Å². The second-order valence-electron chi connectivity index (χ2n) is 5.90. The van der Waals surface area contributed by atoms with Crippen LogP contribution in [0.4, 0.5) is 22.4 Å². The molecule has 2 aromatic heterocycles. The van der Waals surface area contributed by atoms with Crippen LogP contribution in [0.25, 0.3) is 11.4 Å². The average Bonchev–Trinajstić information content (AvgIpc) is 3.24. The fourth-order valence-electron chi connectivity index (χ4n) is 2.27. The van der Waals surface area contributed by atoms with Gasteiger partial charge < -0.3 is 14.0 Å². The number of ether oxygens (including phenoxy) is 2. The maximum Gasteiger partial charge on any atom is 0.471 e. The average molecular weight is 426 g/mol. The molecule has 3 aromatic rings. The van der Waals surface area contributed by atoms with Crippen molar-refractivity contribution in [1.29, 1.82) is 0 Å². The van der Waals surface area contributed by atoms with Crippen LogP contribution in [0, 0.1) is 0 Å². The molecule has 12 heteroatoms. The van der Waals surface area contributed by atoms with Gasteiger partial charge >= 0.3 is 18.2 Å². The molecule has 0 aliphatic heterocycles. The van der Waals surface area contributed by atoms with E-state index in [4.69, 9.17) is 9.47 Å². The van der Waals surface area contributed by atoms with Crippen molar-refractivity contribution in [2.45, 2.75) is 19.3 Å². The normalized spacial score (nSPS) is 11.2. The Kier molecular flexibility index (Phi) is 6.14. The smallest absolute Gasteiger partial charge is 0.471 e. The van der Waals surface area contributed by atoms with E-state index in [2.05, 4.69) is 19.6 Å². The number of halogens is 4. The summed E-state index contributed by atoms with van der Waals surface area (Å²) < 4.78 is 65.5. The van der Waals surface area contributed by atoms with E-state index in [1.807, 2.05) is 0 Å². The van der Waals surface area contributed by atoms with Crippen LogP contribution in [0.5, 0.6) is 5.88 Å². The number of methoxy groups -OCH3 is 1. The number of amides is 1. The zero-order valence-electron chi connectivity index (χ0n) is 15.4. The van der Waals surface area contributed by atoms with Crippen LogP contribution in [-0.4, -0.2) is 33.4 Å². The number of benzene rings is 1. The molecule has 0 saturated carbocycles. The van der Waals surface area contributed by atoms with Crippen LogP contribution in [0.15, 0.2) is 47.1 Å². The maximum absolute atomic E-state index is 14.0. The SMILES string of the molecule is COc1ccc(COC(=O)N(F)Cc2ccc(-c3noc(C(F)(F)F)n3)cc2)cn1. The van der Waals surface area contributed by atoms with E-state index in [0.717, 1.165) is 0 Å². The highest BCUT2D eigenvalue weighted by atomic mass is 19.4. The number of alkyl halides is 3. The number of pyridine rings is 1. The quantitative estimate of drug-likeness (QED) is 0.431. The van der Waals surface area contributed by atoms with Gasteiger partial charge in [-0.3, -0.25) is 0 Å². The van der Waals surface area contributed by atoms with Gasteiger partial charge in [0.05, 0.1) is 13.7 Å². The minimum Gasteiger partial charge on any atom is -0.481 e. The van der Waals surface area contributed by atoms with Crippen molar-refractivity contribution in [2.24, 2.45) is 0 Å². The van der Waals surface area contributed by atoms with Crippen molar-refractivity contribution in [2.75, 3.05) is 7.11 Å². The van der Waals surface area contributed by atoms with Gasteiger partial charge in [-0.15, -0.1) is 5.12 Å². The third-order valence-electron chi connectivity index (χ3n) is 3.77. The molecule has 0 N–H and O–H groups in total. The first kappa shape index (κ1) is 21.0. The van der Waals surface area contributed by atoms with Crippen molar-refractivity contribution in [1.82, 2.24) is 20.2 Å². The van der Waals surface area contributed by atoms with E-state index in [9.17, 15) is 22.4 Å². The monoisotopic (exact) mass is 426 g/mol. The maximum atomic E-state index is 14.0. The molecule has 0 unspecified atom stereocenters. The van der Waals surface area contributed by atoms with Crippen LogP contribution in [0.1, 0.15) is 17.0 Å². The van der Waals surface area contributed by atoms with E-state index < -0.39 is 24.7 Å². The van der Waals surface area contributed by atoms with Crippen LogP contribution in [-0.2, 0) is 24.1 Å². The van der Waals surface area contributed by atoms with E-state index in [1.54, 1.807) is 12.1 Å². The number of carbonyl (C=O) groups excluding carboxylic acids is 1. The first-order chi connectivity index (χ1) is 14.3. The van der Waals surface area contributed by atoms with Gasteiger partial charge in [0.25, 0.3) is 0 Å². The molecule has 1 amide bonds. The number of hydrogen-bond acceptors (Lipinski definition) is 7. The zero-order valence-corrected chi connectivity index (χ0v) is 15.4. The van der Waals surface area contributed by atoms with Crippen molar-refractivity contribution in [3.63, 3.8) is 0 Å². The summed E-state index contributed by atoms with van der Waals surface area (Å²) in [7, 11) is 1.46. The van der Waals surface area contributed by atoms with Crippen LogP contribution in [0.2, 0.25) is 0 Å². The van der Waals surface area contributed by atoms with Crippen LogP contribution >= 0.6 is 0 Å². The Balaban J connectivity index is 1.55. The zero-order chi connectivity index (χ0) is 21.7. The third-order valence-corrected chi connectivity index (χ3v) is 3.77. The van der Waals surface area contributed by atoms with Gasteiger partial charge in [0.2, 0.25) is 11.7 Å². The number of nitrogens with zero attached hydrogens (tertiary/aromatic N) is 4. The van der Waals surface area contributed by atoms with Gasteiger partial charge in [0.15, 0.2) is 0 Å². The number of rotatable bonds is 6. The molecule has 30 heavy (non-hydrogen) atoms. The Bertz CT molecular complexity index is 991. The highest BCUT2D eigenvalue weighted by molar-refractivity contribution is 5.66. The topological polar surface area (TPSA) is 90.6 Å². The summed E-state index contributed by atoms with van der Waals surface area (Å²) >= 11 is 0. The Morgan fingerprint density at radius 2 is 1.83 bits per heavy atom. The lowest BCUT2D eigenvalue weighted by atomic mass is 10.1. The van der Waals surface area contributed by atoms with Gasteiger partial charge in [0.1, 0.15) is 6.61 Å². The molecule has 0 fully saturated rings. The first-order valence-corrected chi connectivity index (χ1v) is 8.35. The van der Waals surface area contributed by atoms with Crippen LogP contribution < -0.4 is 4.74 Å². The van der Waals surface area contributed by atoms with E-state index >= 15 is 0 Å². The molecule has 0 saturated heterocycles. The molecule has 0 atom stereocenters. The van der Waals surface area contributed by atoms with Gasteiger partial charge in [-0.25, -0.2) is 9.78 Å². The summed E-state index contributed by atoms with van der Waals surface area (Å²) in [6.07, 6.45) is -4.53. The minimum atomic E-state index is -4.75. The third kappa shape index (κ3) is 5.21. The summed E-state index contributed by atoms with van der Waals surface area (Å²) in [5, 5.41) is 3.12. The molecule has 0 bridgehead atoms. The van der Waals surface area contributed by atoms with Gasteiger partial charge in [-0.2, -0.15) is 18.2 Å². The lowest BCUT2D eigenvalue weighted by Gasteiger charge is -2.12. The van der Waals surface area contributed by atoms with E-state index in [-0.39, 0.29) is 23.1 Å². The fraction of sp³-hybridized carbons (Fsp3) is 0.222. The largest absolute Gasteiger partial charge is 0.481 e. The van der Waals surface area contributed by atoms with Gasteiger partial charge in [0, 0.05) is 23.4 Å². The molecular weight excluding hydrogens is 412 g/mol. The highest BCUT2D eigenvalue weighted by Gasteiger charge is 2.38. The number of hydrogen-bond donors (Lipinski definition) is 0. The van der Waals surface area contributed by atoms with Gasteiger partial charge in [-0.05, 0) is 11.6 Å². The summed E-state index contributed by atoms with van der Waals surface area (Å²) in [5.74, 6) is -1.35. The second-order valence-corrected chi connectivity index (χ2v) is 5.90. The summed E-state index contributed by atoms with van der Waals surface area (Å²) in [6.45, 7) is -0.616. The molecule has 8 nitrogen and oxygen atoms in total. The fourth-order valence-corrected chi connectivity index (χ4v) is 2.27. The van der Waals surface area contributed by atoms with Crippen molar-refractivity contribution < 1.29 is 36.4 Å². The Morgan fingerprint density at radius 1 is 1.13 bits per heavy atom. The van der Waals surface area contributed by atoms with E-state index in [1.165, 1.54) is 37.6 Å². The molecule has 3 rings (SSSR count). The molecule has 1 aromatic carbocycles. The summed E-state index contributed by atoms with van der Waals surface area (Å²) in [6, 6.07) is 8.76. The summed E-state index contributed by atoms with van der Waals surface area (Å²) in [4.78, 5) is 19.0. The number of carbonyl (C=O) groups is 1. The van der Waals surface area contributed by atoms with Crippen LogP contribution in [0.3, 0.4) is 0 Å².